The largest absolute Gasteiger partial charge is 0.405 e. The minimum absolute atomic E-state index is 0.0520. The molecule has 0 aliphatic carbocycles. The molecular formula is C40H68O10Si. The monoisotopic (exact) mass is 736 g/mol. The van der Waals surface area contributed by atoms with E-state index in [4.69, 9.17) is 47.1 Å². The van der Waals surface area contributed by atoms with Crippen LogP contribution in [0.25, 0.3) is 0 Å². The quantitative estimate of drug-likeness (QED) is 0.0687. The summed E-state index contributed by atoms with van der Waals surface area (Å²) < 4.78 is 57.1. The number of rotatable bonds is 35. The summed E-state index contributed by atoms with van der Waals surface area (Å²) in [6.45, 7) is 19.5. The van der Waals surface area contributed by atoms with E-state index in [-0.39, 0.29) is 5.04 Å². The summed E-state index contributed by atoms with van der Waals surface area (Å²) in [6.07, 6.45) is 4.90. The molecule has 0 bridgehead atoms. The SMILES string of the molecule is CCCCCCOCCOCCOCCOCCOCCOCCOCCOCCOCCO[Si](c1ccccc1)(c1ccccc1)C(C)(C)C. The standard InChI is InChI=1S/C40H68O10Si/c1-5-6-7-14-19-41-20-21-42-22-23-43-24-25-44-26-27-45-28-29-46-30-31-47-32-33-48-34-35-49-36-37-50-51(40(2,3)4,38-15-10-8-11-16-38)39-17-12-9-13-18-39/h8-13,15-18H,5-7,14,19-37H2,1-4H3. The predicted octanol–water partition coefficient (Wildman–Crippen LogP) is 5.29. The molecule has 0 saturated carbocycles. The highest BCUT2D eigenvalue weighted by molar-refractivity contribution is 6.99. The Balaban J connectivity index is 1.33. The van der Waals surface area contributed by atoms with E-state index in [0.717, 1.165) is 13.0 Å². The van der Waals surface area contributed by atoms with Gasteiger partial charge in [-0.25, -0.2) is 0 Å². The third kappa shape index (κ3) is 20.9. The van der Waals surface area contributed by atoms with Gasteiger partial charge in [0.1, 0.15) is 0 Å². The Labute approximate surface area is 309 Å². The fraction of sp³-hybridized carbons (Fsp3) is 0.700. The highest BCUT2D eigenvalue weighted by Gasteiger charge is 2.50. The van der Waals surface area contributed by atoms with Gasteiger partial charge in [-0.2, -0.15) is 0 Å². The van der Waals surface area contributed by atoms with Crippen LogP contribution in [0.2, 0.25) is 5.04 Å². The lowest BCUT2D eigenvalue weighted by Crippen LogP contribution is -2.66. The second-order valence-corrected chi connectivity index (χ2v) is 17.4. The van der Waals surface area contributed by atoms with E-state index >= 15 is 0 Å². The first kappa shape index (κ1) is 45.4. The van der Waals surface area contributed by atoms with Crippen LogP contribution in [0.1, 0.15) is 53.4 Å². The maximum absolute atomic E-state index is 6.85. The van der Waals surface area contributed by atoms with E-state index in [1.165, 1.54) is 29.6 Å². The zero-order chi connectivity index (χ0) is 36.6. The van der Waals surface area contributed by atoms with E-state index in [2.05, 4.69) is 88.4 Å². The number of hydrogen-bond acceptors (Lipinski definition) is 10. The Kier molecular flexibility index (Phi) is 27.3. The minimum Gasteiger partial charge on any atom is -0.405 e. The van der Waals surface area contributed by atoms with Crippen LogP contribution in [-0.4, -0.2) is 134 Å². The van der Waals surface area contributed by atoms with Crippen molar-refractivity contribution in [2.75, 3.05) is 126 Å². The van der Waals surface area contributed by atoms with Gasteiger partial charge in [-0.15, -0.1) is 0 Å². The maximum Gasteiger partial charge on any atom is 0.261 e. The third-order valence-corrected chi connectivity index (χ3v) is 13.1. The normalized spacial score (nSPS) is 12.2. The molecule has 0 heterocycles. The molecule has 2 rings (SSSR count). The topological polar surface area (TPSA) is 92.3 Å². The molecule has 51 heavy (non-hydrogen) atoms. The van der Waals surface area contributed by atoms with Crippen molar-refractivity contribution in [3.63, 3.8) is 0 Å². The fourth-order valence-corrected chi connectivity index (χ4v) is 10.1. The smallest absolute Gasteiger partial charge is 0.261 e. The van der Waals surface area contributed by atoms with Crippen LogP contribution in [0.4, 0.5) is 0 Å². The Morgan fingerprint density at radius 2 is 0.667 bits per heavy atom. The lowest BCUT2D eigenvalue weighted by atomic mass is 10.2. The van der Waals surface area contributed by atoms with Crippen LogP contribution >= 0.6 is 0 Å². The van der Waals surface area contributed by atoms with Gasteiger partial charge in [0.2, 0.25) is 0 Å². The minimum atomic E-state index is -2.53. The van der Waals surface area contributed by atoms with Crippen LogP contribution in [0.15, 0.2) is 60.7 Å². The van der Waals surface area contributed by atoms with E-state index in [0.29, 0.717) is 119 Å². The summed E-state index contributed by atoms with van der Waals surface area (Å²) in [5.41, 5.74) is 0. The summed E-state index contributed by atoms with van der Waals surface area (Å²) in [6, 6.07) is 21.3. The Morgan fingerprint density at radius 3 is 0.961 bits per heavy atom. The fourth-order valence-electron chi connectivity index (χ4n) is 5.51. The van der Waals surface area contributed by atoms with Gasteiger partial charge in [0, 0.05) is 6.61 Å². The first-order chi connectivity index (χ1) is 25.0. The van der Waals surface area contributed by atoms with E-state index in [1.54, 1.807) is 0 Å². The molecule has 2 aromatic rings. The molecule has 0 N–H and O–H groups in total. The van der Waals surface area contributed by atoms with Gasteiger partial charge in [0.05, 0.1) is 119 Å². The molecule has 0 aromatic heterocycles. The molecule has 0 radical (unpaired) electrons. The Morgan fingerprint density at radius 1 is 0.373 bits per heavy atom. The molecule has 11 heteroatoms. The zero-order valence-electron chi connectivity index (χ0n) is 32.1. The molecule has 0 spiro atoms. The Bertz CT molecular complexity index is 985. The molecule has 0 fully saturated rings. The molecule has 0 saturated heterocycles. The van der Waals surface area contributed by atoms with Crippen molar-refractivity contribution in [1.82, 2.24) is 0 Å². The highest BCUT2D eigenvalue weighted by Crippen LogP contribution is 2.36. The lowest BCUT2D eigenvalue weighted by Gasteiger charge is -2.43. The summed E-state index contributed by atoms with van der Waals surface area (Å²) in [7, 11) is -2.53. The molecule has 0 aliphatic heterocycles. The summed E-state index contributed by atoms with van der Waals surface area (Å²) in [4.78, 5) is 0. The van der Waals surface area contributed by atoms with Gasteiger partial charge in [0.25, 0.3) is 8.32 Å². The van der Waals surface area contributed by atoms with Crippen molar-refractivity contribution in [1.29, 1.82) is 0 Å². The molecule has 0 unspecified atom stereocenters. The predicted molar refractivity (Wildman–Crippen MR) is 205 cm³/mol. The molecule has 10 nitrogen and oxygen atoms in total. The van der Waals surface area contributed by atoms with Gasteiger partial charge >= 0.3 is 0 Å². The molecule has 292 valence electrons. The maximum atomic E-state index is 6.85. The number of unbranched alkanes of at least 4 members (excludes halogenated alkanes) is 3. The first-order valence-electron chi connectivity index (χ1n) is 19.0. The molecule has 0 atom stereocenters. The lowest BCUT2D eigenvalue weighted by molar-refractivity contribution is -0.0254. The average molecular weight is 737 g/mol. The number of benzene rings is 2. The van der Waals surface area contributed by atoms with Crippen molar-refractivity contribution in [3.05, 3.63) is 60.7 Å². The highest BCUT2D eigenvalue weighted by atomic mass is 28.4. The van der Waals surface area contributed by atoms with Crippen LogP contribution in [-0.2, 0) is 47.1 Å². The van der Waals surface area contributed by atoms with Crippen molar-refractivity contribution in [3.8, 4) is 0 Å². The van der Waals surface area contributed by atoms with Gasteiger partial charge in [-0.05, 0) is 21.8 Å². The summed E-state index contributed by atoms with van der Waals surface area (Å²) >= 11 is 0. The Hall–Kier alpha value is -1.74. The van der Waals surface area contributed by atoms with Crippen LogP contribution in [0.3, 0.4) is 0 Å². The molecular weight excluding hydrogens is 669 g/mol. The van der Waals surface area contributed by atoms with E-state index < -0.39 is 8.32 Å². The van der Waals surface area contributed by atoms with Crippen molar-refractivity contribution in [2.24, 2.45) is 0 Å². The first-order valence-corrected chi connectivity index (χ1v) is 20.9. The molecule has 2 aromatic carbocycles. The van der Waals surface area contributed by atoms with Crippen molar-refractivity contribution < 1.29 is 47.1 Å². The summed E-state index contributed by atoms with van der Waals surface area (Å²) in [5.74, 6) is 0. The van der Waals surface area contributed by atoms with Gasteiger partial charge < -0.3 is 47.1 Å². The van der Waals surface area contributed by atoms with Crippen LogP contribution in [0, 0.1) is 0 Å². The van der Waals surface area contributed by atoms with E-state index in [9.17, 15) is 0 Å². The number of ether oxygens (including phenoxy) is 9. The average Bonchev–Trinajstić information content (AvgIpc) is 3.14. The molecule has 0 aliphatic rings. The van der Waals surface area contributed by atoms with Crippen LogP contribution in [0.5, 0.6) is 0 Å². The van der Waals surface area contributed by atoms with Crippen molar-refractivity contribution in [2.45, 2.75) is 58.4 Å². The number of hydrogen-bond donors (Lipinski definition) is 0. The van der Waals surface area contributed by atoms with E-state index in [1.807, 2.05) is 0 Å². The second-order valence-electron chi connectivity index (χ2n) is 13.1. The second kappa shape index (κ2) is 30.7. The van der Waals surface area contributed by atoms with Crippen molar-refractivity contribution >= 4 is 18.7 Å². The third-order valence-electron chi connectivity index (χ3n) is 8.08. The molecule has 0 amide bonds. The zero-order valence-corrected chi connectivity index (χ0v) is 33.1. The van der Waals surface area contributed by atoms with Gasteiger partial charge in [-0.1, -0.05) is 108 Å². The van der Waals surface area contributed by atoms with Gasteiger partial charge in [-0.3, -0.25) is 0 Å². The van der Waals surface area contributed by atoms with Crippen LogP contribution < -0.4 is 10.4 Å². The summed E-state index contributed by atoms with van der Waals surface area (Å²) in [5, 5.41) is 2.49. The van der Waals surface area contributed by atoms with Gasteiger partial charge in [0.15, 0.2) is 0 Å².